The van der Waals surface area contributed by atoms with Crippen LogP contribution in [0.25, 0.3) is 11.3 Å². The van der Waals surface area contributed by atoms with Gasteiger partial charge in [-0.15, -0.1) is 0 Å². The lowest BCUT2D eigenvalue weighted by molar-refractivity contribution is -0.150. The Labute approximate surface area is 255 Å². The highest BCUT2D eigenvalue weighted by Crippen LogP contribution is 2.38. The van der Waals surface area contributed by atoms with E-state index in [1.165, 1.54) is 17.6 Å². The molecule has 12 heteroatoms. The molecule has 226 valence electrons. The number of benzene rings is 2. The van der Waals surface area contributed by atoms with Crippen LogP contribution in [-0.2, 0) is 33.7 Å². The number of halogens is 1. The van der Waals surface area contributed by atoms with Crippen LogP contribution >= 0.6 is 11.6 Å². The number of hydrogen-bond donors (Lipinski definition) is 1. The lowest BCUT2D eigenvalue weighted by Crippen LogP contribution is -2.54. The first-order valence-corrected chi connectivity index (χ1v) is 14.9. The molecule has 3 aromatic rings. The van der Waals surface area contributed by atoms with Crippen LogP contribution in [0, 0.1) is 5.92 Å². The number of methoxy groups -OCH3 is 1. The molecule has 2 fully saturated rings. The van der Waals surface area contributed by atoms with Gasteiger partial charge in [-0.25, -0.2) is 9.78 Å². The van der Waals surface area contributed by atoms with Crippen LogP contribution in [-0.4, -0.2) is 91.4 Å². The molecule has 1 aliphatic carbocycles. The largest absolute Gasteiger partial charge is 0.489 e. The van der Waals surface area contributed by atoms with Gasteiger partial charge in [-0.05, 0) is 54.3 Å². The van der Waals surface area contributed by atoms with Gasteiger partial charge in [0.05, 0.1) is 18.7 Å². The van der Waals surface area contributed by atoms with Crippen molar-refractivity contribution in [3.8, 4) is 17.0 Å². The van der Waals surface area contributed by atoms with Crippen molar-refractivity contribution in [2.24, 2.45) is 5.92 Å². The van der Waals surface area contributed by atoms with Gasteiger partial charge >= 0.3 is 12.1 Å². The Hall–Kier alpha value is -4.09. The number of esters is 1. The zero-order valence-electron chi connectivity index (χ0n) is 24.1. The third-order valence-electron chi connectivity index (χ3n) is 8.28. The number of ether oxygens (including phenoxy) is 3. The second kappa shape index (κ2) is 12.6. The molecule has 11 nitrogen and oxygen atoms in total. The van der Waals surface area contributed by atoms with E-state index in [1.807, 2.05) is 30.3 Å². The van der Waals surface area contributed by atoms with Crippen LogP contribution < -0.4 is 15.4 Å². The van der Waals surface area contributed by atoms with Crippen molar-refractivity contribution in [3.63, 3.8) is 0 Å². The summed E-state index contributed by atoms with van der Waals surface area (Å²) in [5, 5.41) is 0.706. The van der Waals surface area contributed by atoms with Gasteiger partial charge in [0.15, 0.2) is 0 Å². The van der Waals surface area contributed by atoms with Crippen LogP contribution in [0.2, 0.25) is 5.02 Å². The van der Waals surface area contributed by atoms with Crippen molar-refractivity contribution in [2.75, 3.05) is 70.2 Å². The summed E-state index contributed by atoms with van der Waals surface area (Å²) in [7, 11) is 1.35. The third kappa shape index (κ3) is 6.47. The van der Waals surface area contributed by atoms with Gasteiger partial charge in [0.2, 0.25) is 5.95 Å². The first-order chi connectivity index (χ1) is 20.9. The Morgan fingerprint density at radius 2 is 1.79 bits per heavy atom. The highest BCUT2D eigenvalue weighted by Gasteiger charge is 2.37. The van der Waals surface area contributed by atoms with E-state index < -0.39 is 0 Å². The van der Waals surface area contributed by atoms with Crippen molar-refractivity contribution >= 4 is 35.4 Å². The minimum atomic E-state index is -0.387. The van der Waals surface area contributed by atoms with Crippen molar-refractivity contribution < 1.29 is 23.8 Å². The smallest absolute Gasteiger partial charge is 0.409 e. The van der Waals surface area contributed by atoms with Gasteiger partial charge in [0.25, 0.3) is 0 Å². The number of carbonyl (C=O) groups excluding carboxylic acids is 2. The number of nitrogens with zero attached hydrogens (tertiary/aromatic N) is 5. The minimum Gasteiger partial charge on any atom is -0.489 e. The maximum Gasteiger partial charge on any atom is 0.409 e. The molecule has 0 saturated carbocycles. The summed E-state index contributed by atoms with van der Waals surface area (Å²) in [6, 6.07) is 13.8. The number of likely N-dealkylation sites (tertiary alicyclic amines) is 1. The predicted octanol–water partition coefficient (Wildman–Crippen LogP) is 3.42. The predicted molar refractivity (Wildman–Crippen MR) is 162 cm³/mol. The van der Waals surface area contributed by atoms with E-state index in [1.54, 1.807) is 0 Å². The van der Waals surface area contributed by atoms with E-state index in [0.717, 1.165) is 73.0 Å². The van der Waals surface area contributed by atoms with Gasteiger partial charge in [0.1, 0.15) is 24.8 Å². The molecule has 2 aromatic carbocycles. The number of fused-ring (bicyclic) bond motifs is 3. The molecule has 2 N–H and O–H groups in total. The number of nitrogen functional groups attached to an aromatic ring is 1. The summed E-state index contributed by atoms with van der Waals surface area (Å²) in [5.74, 6) is 1.44. The Balaban J connectivity index is 1.03. The summed E-state index contributed by atoms with van der Waals surface area (Å²) in [6.45, 7) is 5.31. The average molecular weight is 607 g/mol. The standard InChI is InChI=1S/C31H35ClN6O5/c1-41-29(39)22-17-38(18-22)31(40)42-15-14-36-10-12-37(13-11-36)28-26-8-4-21-16-24(43-19-20-2-5-23(32)6-3-20)7-9-25(21)27(26)34-30(33)35-28/h2-3,5-7,9,16,22H,4,8,10-15,17-19H2,1H3,(H2,33,34,35). The van der Waals surface area contributed by atoms with Gasteiger partial charge in [-0.2, -0.15) is 4.98 Å². The van der Waals surface area contributed by atoms with E-state index >= 15 is 0 Å². The number of carbonyl (C=O) groups is 2. The van der Waals surface area contributed by atoms with Crippen molar-refractivity contribution in [3.05, 3.63) is 64.2 Å². The maximum atomic E-state index is 12.2. The Bertz CT molecular complexity index is 1490. The lowest BCUT2D eigenvalue weighted by atomic mass is 9.88. The molecule has 3 heterocycles. The van der Waals surface area contributed by atoms with Crippen LogP contribution in [0.5, 0.6) is 5.75 Å². The Morgan fingerprint density at radius 1 is 1.02 bits per heavy atom. The number of anilines is 2. The quantitative estimate of drug-likeness (QED) is 0.382. The first kappa shape index (κ1) is 29.0. The molecule has 0 atom stereocenters. The van der Waals surface area contributed by atoms with Gasteiger partial charge in [-0.3, -0.25) is 9.69 Å². The highest BCUT2D eigenvalue weighted by atomic mass is 35.5. The molecular weight excluding hydrogens is 572 g/mol. The summed E-state index contributed by atoms with van der Waals surface area (Å²) in [5.41, 5.74) is 11.5. The number of hydrogen-bond acceptors (Lipinski definition) is 10. The van der Waals surface area contributed by atoms with Crippen LogP contribution in [0.15, 0.2) is 42.5 Å². The Morgan fingerprint density at radius 3 is 2.53 bits per heavy atom. The van der Waals surface area contributed by atoms with Crippen molar-refractivity contribution in [1.82, 2.24) is 19.8 Å². The fraction of sp³-hybridized carbons (Fsp3) is 0.419. The van der Waals surface area contributed by atoms with Crippen LogP contribution in [0.4, 0.5) is 16.6 Å². The minimum absolute atomic E-state index is 0.252. The molecule has 6 rings (SSSR count). The summed E-state index contributed by atoms with van der Waals surface area (Å²) < 4.78 is 16.2. The molecule has 0 radical (unpaired) electrons. The van der Waals surface area contributed by atoms with Gasteiger partial charge < -0.3 is 29.7 Å². The molecule has 2 saturated heterocycles. The summed E-state index contributed by atoms with van der Waals surface area (Å²) >= 11 is 5.99. The summed E-state index contributed by atoms with van der Waals surface area (Å²) in [6.07, 6.45) is 1.30. The zero-order valence-corrected chi connectivity index (χ0v) is 24.9. The number of rotatable bonds is 8. The second-order valence-corrected chi connectivity index (χ2v) is 11.5. The van der Waals surface area contributed by atoms with E-state index in [2.05, 4.69) is 31.9 Å². The topological polar surface area (TPSA) is 123 Å². The fourth-order valence-corrected chi connectivity index (χ4v) is 5.91. The summed E-state index contributed by atoms with van der Waals surface area (Å²) in [4.78, 5) is 39.1. The molecule has 1 amide bonds. The first-order valence-electron chi connectivity index (χ1n) is 14.5. The normalized spacial score (nSPS) is 16.6. The number of amides is 1. The van der Waals surface area contributed by atoms with Gasteiger partial charge in [-0.1, -0.05) is 23.7 Å². The van der Waals surface area contributed by atoms with Crippen LogP contribution in [0.3, 0.4) is 0 Å². The van der Waals surface area contributed by atoms with E-state index in [4.69, 9.17) is 31.5 Å². The fourth-order valence-electron chi connectivity index (χ4n) is 5.79. The van der Waals surface area contributed by atoms with E-state index in [-0.39, 0.29) is 23.9 Å². The molecule has 2 aliphatic heterocycles. The SMILES string of the molecule is COC(=O)C1CN(C(=O)OCCN2CCN(c3nc(N)nc4c3CCc3cc(OCc5ccc(Cl)cc5)ccc3-4)CC2)C1. The van der Waals surface area contributed by atoms with Crippen molar-refractivity contribution in [2.45, 2.75) is 19.4 Å². The zero-order chi connectivity index (χ0) is 29.9. The second-order valence-electron chi connectivity index (χ2n) is 11.0. The average Bonchev–Trinajstić information content (AvgIpc) is 2.99. The molecule has 0 spiro atoms. The third-order valence-corrected chi connectivity index (χ3v) is 8.53. The monoisotopic (exact) mass is 606 g/mol. The maximum absolute atomic E-state index is 12.2. The molecular formula is C31H35ClN6O5. The number of aromatic nitrogens is 2. The van der Waals surface area contributed by atoms with Crippen LogP contribution in [0.1, 0.15) is 16.7 Å². The molecule has 0 bridgehead atoms. The highest BCUT2D eigenvalue weighted by molar-refractivity contribution is 6.30. The van der Waals surface area contributed by atoms with Gasteiger partial charge in [0, 0.05) is 62.0 Å². The van der Waals surface area contributed by atoms with Crippen molar-refractivity contribution in [1.29, 1.82) is 0 Å². The molecule has 1 aromatic heterocycles. The number of piperazine rings is 1. The lowest BCUT2D eigenvalue weighted by Gasteiger charge is -2.38. The van der Waals surface area contributed by atoms with E-state index in [9.17, 15) is 9.59 Å². The Kier molecular flexibility index (Phi) is 8.53. The molecule has 0 unspecified atom stereocenters. The number of aryl methyl sites for hydroxylation is 1. The number of nitrogens with two attached hydrogens (primary N) is 1. The molecule has 3 aliphatic rings. The molecule has 43 heavy (non-hydrogen) atoms. The van der Waals surface area contributed by atoms with E-state index in [0.29, 0.717) is 37.9 Å².